The van der Waals surface area contributed by atoms with Gasteiger partial charge in [0.05, 0.1) is 18.7 Å². The van der Waals surface area contributed by atoms with E-state index in [1.54, 1.807) is 0 Å². The zero-order valence-electron chi connectivity index (χ0n) is 13.7. The summed E-state index contributed by atoms with van der Waals surface area (Å²) in [5.41, 5.74) is 0. The number of carbonyl (C=O) groups excluding carboxylic acids is 3. The molecule has 10 nitrogen and oxygen atoms in total. The topological polar surface area (TPSA) is 157 Å². The monoisotopic (exact) mass is 344 g/mol. The molecule has 1 fully saturated rings. The third kappa shape index (κ3) is 6.13. The van der Waals surface area contributed by atoms with Gasteiger partial charge in [-0.15, -0.1) is 0 Å². The summed E-state index contributed by atoms with van der Waals surface area (Å²) in [6.07, 6.45) is 0.345. The van der Waals surface area contributed by atoms with Gasteiger partial charge in [0.1, 0.15) is 12.1 Å². The SMILES string of the molecule is CC(NC(=O)CNC(=O)C(NC(=O)C1CCCN1)C(C)O)C(=O)O. The number of aliphatic carboxylic acids is 1. The van der Waals surface area contributed by atoms with E-state index in [9.17, 15) is 24.3 Å². The van der Waals surface area contributed by atoms with E-state index in [4.69, 9.17) is 5.11 Å². The van der Waals surface area contributed by atoms with Crippen molar-refractivity contribution in [1.82, 2.24) is 21.3 Å². The highest BCUT2D eigenvalue weighted by molar-refractivity contribution is 5.93. The summed E-state index contributed by atoms with van der Waals surface area (Å²) in [5.74, 6) is -3.01. The van der Waals surface area contributed by atoms with Gasteiger partial charge >= 0.3 is 5.97 Å². The predicted octanol–water partition coefficient (Wildman–Crippen LogP) is -2.69. The van der Waals surface area contributed by atoms with Crippen LogP contribution in [0.5, 0.6) is 0 Å². The van der Waals surface area contributed by atoms with Crippen molar-refractivity contribution in [3.8, 4) is 0 Å². The first-order valence-corrected chi connectivity index (χ1v) is 7.74. The van der Waals surface area contributed by atoms with Crippen molar-refractivity contribution < 1.29 is 29.4 Å². The number of carboxylic acids is 1. The molecule has 0 bridgehead atoms. The number of carboxylic acid groups (broad SMARTS) is 1. The maximum Gasteiger partial charge on any atom is 0.325 e. The van der Waals surface area contributed by atoms with E-state index in [2.05, 4.69) is 21.3 Å². The van der Waals surface area contributed by atoms with Crippen molar-refractivity contribution in [2.24, 2.45) is 0 Å². The molecule has 0 aromatic heterocycles. The fourth-order valence-electron chi connectivity index (χ4n) is 2.20. The third-order valence-electron chi connectivity index (χ3n) is 3.61. The average molecular weight is 344 g/mol. The highest BCUT2D eigenvalue weighted by Gasteiger charge is 2.30. The fourth-order valence-corrected chi connectivity index (χ4v) is 2.20. The number of carbonyl (C=O) groups is 4. The van der Waals surface area contributed by atoms with Crippen LogP contribution in [0.4, 0.5) is 0 Å². The van der Waals surface area contributed by atoms with Gasteiger partial charge in [-0.3, -0.25) is 19.2 Å². The minimum atomic E-state index is -1.20. The zero-order valence-corrected chi connectivity index (χ0v) is 13.7. The summed E-state index contributed by atoms with van der Waals surface area (Å²) in [4.78, 5) is 46.2. The lowest BCUT2D eigenvalue weighted by atomic mass is 10.1. The summed E-state index contributed by atoms with van der Waals surface area (Å²) in [6, 6.07) is -2.70. The predicted molar refractivity (Wildman–Crippen MR) is 82.9 cm³/mol. The molecule has 1 aliphatic rings. The van der Waals surface area contributed by atoms with Crippen LogP contribution in [0, 0.1) is 0 Å². The van der Waals surface area contributed by atoms with E-state index in [1.165, 1.54) is 13.8 Å². The maximum absolute atomic E-state index is 12.1. The molecule has 1 aliphatic heterocycles. The highest BCUT2D eigenvalue weighted by Crippen LogP contribution is 2.05. The van der Waals surface area contributed by atoms with Crippen LogP contribution in [0.2, 0.25) is 0 Å². The van der Waals surface area contributed by atoms with Gasteiger partial charge in [-0.1, -0.05) is 0 Å². The van der Waals surface area contributed by atoms with Crippen molar-refractivity contribution in [2.45, 2.75) is 50.9 Å². The van der Waals surface area contributed by atoms with Gasteiger partial charge in [-0.2, -0.15) is 0 Å². The van der Waals surface area contributed by atoms with Crippen molar-refractivity contribution in [1.29, 1.82) is 0 Å². The molecule has 0 radical (unpaired) electrons. The number of aliphatic hydroxyl groups is 1. The molecule has 24 heavy (non-hydrogen) atoms. The molecule has 4 unspecified atom stereocenters. The highest BCUT2D eigenvalue weighted by atomic mass is 16.4. The Hall–Kier alpha value is -2.20. The molecule has 1 saturated heterocycles. The Kier molecular flexibility index (Phi) is 7.59. The number of hydrogen-bond donors (Lipinski definition) is 6. The molecule has 3 amide bonds. The van der Waals surface area contributed by atoms with Crippen molar-refractivity contribution >= 4 is 23.7 Å². The quantitative estimate of drug-likeness (QED) is 0.280. The second-order valence-electron chi connectivity index (χ2n) is 5.72. The first-order valence-electron chi connectivity index (χ1n) is 7.74. The minimum absolute atomic E-state index is 0.391. The normalized spacial score (nSPS) is 20.5. The van der Waals surface area contributed by atoms with E-state index in [1.807, 2.05) is 0 Å². The summed E-state index contributed by atoms with van der Waals surface area (Å²) in [5, 5.41) is 28.2. The standard InChI is InChI=1S/C14H24N4O6/c1-7(14(23)24)17-10(20)6-16-13(22)11(8(2)19)18-12(21)9-4-3-5-15-9/h7-9,11,15,19H,3-6H2,1-2H3,(H,16,22)(H,17,20)(H,18,21)(H,23,24). The largest absolute Gasteiger partial charge is 0.480 e. The van der Waals surface area contributed by atoms with Crippen LogP contribution in [0.1, 0.15) is 26.7 Å². The van der Waals surface area contributed by atoms with E-state index in [-0.39, 0.29) is 0 Å². The van der Waals surface area contributed by atoms with Gasteiger partial charge in [-0.05, 0) is 33.2 Å². The van der Waals surface area contributed by atoms with Crippen LogP contribution in [0.15, 0.2) is 0 Å². The molecule has 0 saturated carbocycles. The molecule has 0 aliphatic carbocycles. The lowest BCUT2D eigenvalue weighted by Gasteiger charge is -2.22. The third-order valence-corrected chi connectivity index (χ3v) is 3.61. The molecule has 4 atom stereocenters. The lowest BCUT2D eigenvalue weighted by Crippen LogP contribution is -2.56. The molecule has 0 aromatic rings. The van der Waals surface area contributed by atoms with Gasteiger partial charge in [0, 0.05) is 0 Å². The van der Waals surface area contributed by atoms with E-state index < -0.39 is 54.5 Å². The number of hydrogen-bond acceptors (Lipinski definition) is 6. The molecule has 0 spiro atoms. The minimum Gasteiger partial charge on any atom is -0.480 e. The van der Waals surface area contributed by atoms with E-state index in [0.717, 1.165) is 6.42 Å². The summed E-state index contributed by atoms with van der Waals surface area (Å²) in [7, 11) is 0. The second-order valence-corrected chi connectivity index (χ2v) is 5.72. The van der Waals surface area contributed by atoms with Crippen LogP contribution in [-0.2, 0) is 19.2 Å². The Labute approximate surface area is 139 Å². The molecule has 1 heterocycles. The first-order chi connectivity index (χ1) is 11.2. The van der Waals surface area contributed by atoms with Crippen LogP contribution in [0.25, 0.3) is 0 Å². The molecule has 0 aromatic carbocycles. The van der Waals surface area contributed by atoms with Gasteiger partial charge in [0.25, 0.3) is 0 Å². The molecule has 1 rings (SSSR count). The molecule has 6 N–H and O–H groups in total. The number of amides is 3. The van der Waals surface area contributed by atoms with Gasteiger partial charge in [0.2, 0.25) is 17.7 Å². The van der Waals surface area contributed by atoms with Gasteiger partial charge in [-0.25, -0.2) is 0 Å². The Morgan fingerprint density at radius 1 is 1.21 bits per heavy atom. The molecule has 10 heteroatoms. The zero-order chi connectivity index (χ0) is 18.3. The molecule has 136 valence electrons. The molecular formula is C14H24N4O6. The number of nitrogens with one attached hydrogen (secondary N) is 4. The van der Waals surface area contributed by atoms with Gasteiger partial charge < -0.3 is 31.5 Å². The maximum atomic E-state index is 12.1. The van der Waals surface area contributed by atoms with E-state index >= 15 is 0 Å². The Morgan fingerprint density at radius 2 is 1.88 bits per heavy atom. The van der Waals surface area contributed by atoms with Gasteiger partial charge in [0.15, 0.2) is 0 Å². The Morgan fingerprint density at radius 3 is 2.38 bits per heavy atom. The summed E-state index contributed by atoms with van der Waals surface area (Å²) < 4.78 is 0. The van der Waals surface area contributed by atoms with Crippen LogP contribution in [0.3, 0.4) is 0 Å². The fraction of sp³-hybridized carbons (Fsp3) is 0.714. The number of aliphatic hydroxyl groups excluding tert-OH is 1. The summed E-state index contributed by atoms with van der Waals surface area (Å²) >= 11 is 0. The van der Waals surface area contributed by atoms with Crippen molar-refractivity contribution in [3.63, 3.8) is 0 Å². The first kappa shape index (κ1) is 19.8. The van der Waals surface area contributed by atoms with Crippen molar-refractivity contribution in [2.75, 3.05) is 13.1 Å². The number of rotatable bonds is 8. The van der Waals surface area contributed by atoms with Crippen LogP contribution >= 0.6 is 0 Å². The van der Waals surface area contributed by atoms with Crippen LogP contribution in [-0.4, -0.2) is 71.2 Å². The Bertz CT molecular complexity index is 490. The van der Waals surface area contributed by atoms with E-state index in [0.29, 0.717) is 13.0 Å². The average Bonchev–Trinajstić information content (AvgIpc) is 3.03. The molecular weight excluding hydrogens is 320 g/mol. The Balaban J connectivity index is 2.49. The summed E-state index contributed by atoms with van der Waals surface area (Å²) in [6.45, 7) is 2.89. The second kappa shape index (κ2) is 9.18. The van der Waals surface area contributed by atoms with Crippen molar-refractivity contribution in [3.05, 3.63) is 0 Å². The lowest BCUT2D eigenvalue weighted by molar-refractivity contribution is -0.141. The van der Waals surface area contributed by atoms with Crippen LogP contribution < -0.4 is 21.3 Å². The smallest absolute Gasteiger partial charge is 0.325 e.